The third-order valence-electron chi connectivity index (χ3n) is 5.25. The van der Waals surface area contributed by atoms with E-state index in [1.165, 1.54) is 5.56 Å². The Morgan fingerprint density at radius 1 is 0.960 bits per heavy atom. The fourth-order valence-corrected chi connectivity index (χ4v) is 4.20. The molecular weight excluding hydrogens is 318 g/mol. The van der Waals surface area contributed by atoms with Gasteiger partial charge in [0, 0.05) is 11.6 Å². The molecule has 2 aromatic carbocycles. The van der Waals surface area contributed by atoms with Crippen molar-refractivity contribution in [1.82, 2.24) is 4.90 Å². The van der Waals surface area contributed by atoms with E-state index in [0.717, 1.165) is 23.1 Å². The second-order valence-electron chi connectivity index (χ2n) is 6.48. The van der Waals surface area contributed by atoms with Gasteiger partial charge in [-0.15, -0.1) is 0 Å². The van der Waals surface area contributed by atoms with Crippen LogP contribution in [0, 0.1) is 0 Å². The largest absolute Gasteiger partial charge is 0.492 e. The Bertz CT molecular complexity index is 874. The highest BCUT2D eigenvalue weighted by atomic mass is 16.5. The van der Waals surface area contributed by atoms with Gasteiger partial charge < -0.3 is 14.2 Å². The fraction of sp³-hybridized carbons (Fsp3) is 0.350. The lowest BCUT2D eigenvalue weighted by molar-refractivity contribution is 0.0880. The van der Waals surface area contributed by atoms with Crippen molar-refractivity contribution >= 4 is 5.78 Å². The van der Waals surface area contributed by atoms with Crippen LogP contribution in [0.3, 0.4) is 0 Å². The number of methoxy groups -OCH3 is 3. The molecule has 0 saturated heterocycles. The number of hydrogen-bond donors (Lipinski definition) is 0. The van der Waals surface area contributed by atoms with Crippen molar-refractivity contribution in [2.24, 2.45) is 0 Å². The molecule has 0 radical (unpaired) electrons. The third kappa shape index (κ3) is 2.09. The molecule has 0 bridgehead atoms. The summed E-state index contributed by atoms with van der Waals surface area (Å²) in [6.45, 7) is 0.366. The Hall–Kier alpha value is -2.53. The van der Waals surface area contributed by atoms with Crippen LogP contribution in [0.5, 0.6) is 17.2 Å². The number of ether oxygens (including phenoxy) is 3. The summed E-state index contributed by atoms with van der Waals surface area (Å²) in [5.74, 6) is 1.62. The molecule has 0 N–H and O–H groups in total. The molecule has 0 fully saturated rings. The van der Waals surface area contributed by atoms with E-state index in [-0.39, 0.29) is 11.8 Å². The molecule has 0 saturated carbocycles. The molecule has 1 atom stereocenters. The lowest BCUT2D eigenvalue weighted by atomic mass is 9.76. The Morgan fingerprint density at radius 2 is 1.60 bits per heavy atom. The standard InChI is InChI=1S/C20H21NO4/c1-21-10-14(22)17-16-13(21)9-11-7-5-6-8-12(11)15(16)18(23-2)20(25-4)19(17)24-3/h5-8,13H,9-10H2,1-4H3. The van der Waals surface area contributed by atoms with Crippen molar-refractivity contribution in [3.63, 3.8) is 0 Å². The molecule has 1 unspecified atom stereocenters. The maximum atomic E-state index is 12.9. The Labute approximate surface area is 147 Å². The summed E-state index contributed by atoms with van der Waals surface area (Å²) >= 11 is 0. The summed E-state index contributed by atoms with van der Waals surface area (Å²) < 4.78 is 16.9. The minimum Gasteiger partial charge on any atom is -0.492 e. The van der Waals surface area contributed by atoms with Gasteiger partial charge in [-0.05, 0) is 30.2 Å². The number of Topliss-reactive ketones (excluding diaryl/α,β-unsaturated/α-hetero) is 1. The molecule has 130 valence electrons. The molecule has 5 heteroatoms. The molecular formula is C20H21NO4. The predicted molar refractivity (Wildman–Crippen MR) is 94.9 cm³/mol. The van der Waals surface area contributed by atoms with E-state index in [1.807, 2.05) is 19.2 Å². The van der Waals surface area contributed by atoms with Gasteiger partial charge in [-0.3, -0.25) is 9.69 Å². The topological polar surface area (TPSA) is 48.0 Å². The minimum atomic E-state index is 0.0483. The SMILES string of the molecule is COc1c(OC)c2c3c(c1OC)-c1ccccc1CC3N(C)CC2=O. The van der Waals surface area contributed by atoms with Gasteiger partial charge >= 0.3 is 0 Å². The highest BCUT2D eigenvalue weighted by Crippen LogP contribution is 2.56. The summed E-state index contributed by atoms with van der Waals surface area (Å²) in [6, 6.07) is 8.39. The molecule has 0 aromatic heterocycles. The van der Waals surface area contributed by atoms with Crippen LogP contribution in [0.1, 0.15) is 27.5 Å². The zero-order valence-corrected chi connectivity index (χ0v) is 14.9. The first-order valence-electron chi connectivity index (χ1n) is 8.29. The highest BCUT2D eigenvalue weighted by Gasteiger charge is 2.42. The Balaban J connectivity index is 2.18. The normalized spacial score (nSPS) is 18.4. The molecule has 25 heavy (non-hydrogen) atoms. The van der Waals surface area contributed by atoms with E-state index in [4.69, 9.17) is 14.2 Å². The summed E-state index contributed by atoms with van der Waals surface area (Å²) in [5.41, 5.74) is 4.91. The average Bonchev–Trinajstić information content (AvgIpc) is 2.63. The Kier molecular flexibility index (Phi) is 3.69. The van der Waals surface area contributed by atoms with Crippen molar-refractivity contribution in [3.05, 3.63) is 41.0 Å². The number of nitrogens with zero attached hydrogens (tertiary/aromatic N) is 1. The first kappa shape index (κ1) is 16.0. The van der Waals surface area contributed by atoms with Crippen LogP contribution in [0.2, 0.25) is 0 Å². The Morgan fingerprint density at radius 3 is 2.28 bits per heavy atom. The zero-order chi connectivity index (χ0) is 17.7. The highest BCUT2D eigenvalue weighted by molar-refractivity contribution is 6.07. The predicted octanol–water partition coefficient (Wildman–Crippen LogP) is 3.10. The molecule has 1 aliphatic carbocycles. The van der Waals surface area contributed by atoms with Crippen molar-refractivity contribution < 1.29 is 19.0 Å². The van der Waals surface area contributed by atoms with Crippen LogP contribution < -0.4 is 14.2 Å². The van der Waals surface area contributed by atoms with E-state index in [1.54, 1.807) is 21.3 Å². The molecule has 0 amide bonds. The van der Waals surface area contributed by atoms with Crippen LogP contribution in [-0.4, -0.2) is 45.6 Å². The van der Waals surface area contributed by atoms with E-state index >= 15 is 0 Å². The van der Waals surface area contributed by atoms with Gasteiger partial charge in [-0.25, -0.2) is 0 Å². The lowest BCUT2D eigenvalue weighted by Gasteiger charge is -2.40. The number of fused-ring (bicyclic) bond motifs is 2. The van der Waals surface area contributed by atoms with Gasteiger partial charge in [0.05, 0.1) is 33.4 Å². The molecule has 4 rings (SSSR count). The van der Waals surface area contributed by atoms with Gasteiger partial charge in [0.25, 0.3) is 0 Å². The van der Waals surface area contributed by atoms with Gasteiger partial charge in [0.1, 0.15) is 0 Å². The molecule has 0 spiro atoms. The molecule has 1 aliphatic heterocycles. The number of ketones is 1. The summed E-state index contributed by atoms with van der Waals surface area (Å²) in [7, 11) is 6.76. The van der Waals surface area contributed by atoms with Crippen molar-refractivity contribution in [2.75, 3.05) is 34.9 Å². The minimum absolute atomic E-state index is 0.0483. The quantitative estimate of drug-likeness (QED) is 0.860. The average molecular weight is 339 g/mol. The van der Waals surface area contributed by atoms with Crippen molar-refractivity contribution in [1.29, 1.82) is 0 Å². The summed E-state index contributed by atoms with van der Waals surface area (Å²) in [5, 5.41) is 0. The number of hydrogen-bond acceptors (Lipinski definition) is 5. The van der Waals surface area contributed by atoms with Crippen molar-refractivity contribution in [3.8, 4) is 28.4 Å². The number of carbonyl (C=O) groups excluding carboxylic acids is 1. The first-order valence-corrected chi connectivity index (χ1v) is 8.29. The monoisotopic (exact) mass is 339 g/mol. The molecule has 5 nitrogen and oxygen atoms in total. The number of carbonyl (C=O) groups is 1. The molecule has 2 aliphatic rings. The number of rotatable bonds is 3. The van der Waals surface area contributed by atoms with Crippen LogP contribution in [0.25, 0.3) is 11.1 Å². The van der Waals surface area contributed by atoms with Crippen LogP contribution in [0.15, 0.2) is 24.3 Å². The van der Waals surface area contributed by atoms with Crippen LogP contribution in [-0.2, 0) is 6.42 Å². The van der Waals surface area contributed by atoms with E-state index in [9.17, 15) is 4.79 Å². The maximum Gasteiger partial charge on any atom is 0.204 e. The number of benzene rings is 2. The van der Waals surface area contributed by atoms with Gasteiger partial charge in [-0.2, -0.15) is 0 Å². The van der Waals surface area contributed by atoms with Gasteiger partial charge in [0.2, 0.25) is 5.75 Å². The van der Waals surface area contributed by atoms with E-state index < -0.39 is 0 Å². The smallest absolute Gasteiger partial charge is 0.204 e. The van der Waals surface area contributed by atoms with E-state index in [0.29, 0.717) is 29.4 Å². The van der Waals surface area contributed by atoms with Gasteiger partial charge in [-0.1, -0.05) is 24.3 Å². The number of likely N-dealkylation sites (N-methyl/N-ethyl adjacent to an activating group) is 1. The summed E-state index contributed by atoms with van der Waals surface area (Å²) in [6.07, 6.45) is 0.860. The third-order valence-corrected chi connectivity index (χ3v) is 5.25. The lowest BCUT2D eigenvalue weighted by Crippen LogP contribution is -2.39. The summed E-state index contributed by atoms with van der Waals surface area (Å²) in [4.78, 5) is 15.0. The maximum absolute atomic E-state index is 12.9. The molecule has 1 heterocycles. The van der Waals surface area contributed by atoms with Crippen molar-refractivity contribution in [2.45, 2.75) is 12.5 Å². The van der Waals surface area contributed by atoms with Crippen LogP contribution in [0.4, 0.5) is 0 Å². The second-order valence-corrected chi connectivity index (χ2v) is 6.48. The molecule has 2 aromatic rings. The first-order chi connectivity index (χ1) is 12.1. The second kappa shape index (κ2) is 5.77. The zero-order valence-electron chi connectivity index (χ0n) is 14.9. The van der Waals surface area contributed by atoms with E-state index in [2.05, 4.69) is 17.0 Å². The fourth-order valence-electron chi connectivity index (χ4n) is 4.20. The van der Waals surface area contributed by atoms with Crippen LogP contribution >= 0.6 is 0 Å². The van der Waals surface area contributed by atoms with Gasteiger partial charge in [0.15, 0.2) is 17.3 Å².